The smallest absolute Gasteiger partial charge is 0.0473 e. The number of nitrogens with two attached hydrogens (primary N) is 1. The van der Waals surface area contributed by atoms with E-state index in [0.717, 1.165) is 6.42 Å². The van der Waals surface area contributed by atoms with Gasteiger partial charge in [0.25, 0.3) is 0 Å². The molecule has 2 N–H and O–H groups in total. The van der Waals surface area contributed by atoms with Gasteiger partial charge >= 0.3 is 0 Å². The van der Waals surface area contributed by atoms with E-state index in [4.69, 9.17) is 5.73 Å². The predicted octanol–water partition coefficient (Wildman–Crippen LogP) is 2.89. The van der Waals surface area contributed by atoms with Crippen molar-refractivity contribution in [3.63, 3.8) is 0 Å². The van der Waals surface area contributed by atoms with Gasteiger partial charge < -0.3 is 5.73 Å². The Morgan fingerprint density at radius 1 is 1.14 bits per heavy atom. The molecular weight excluding hydrogens is 170 g/mol. The quantitative estimate of drug-likeness (QED) is 0.722. The Labute approximate surface area is 86.3 Å². The molecule has 0 saturated heterocycles. The van der Waals surface area contributed by atoms with E-state index >= 15 is 0 Å². The van der Waals surface area contributed by atoms with Crippen LogP contribution in [-0.4, -0.2) is 0 Å². The minimum Gasteiger partial charge on any atom is -0.321 e. The highest BCUT2D eigenvalue weighted by atomic mass is 14.9. The summed E-state index contributed by atoms with van der Waals surface area (Å²) in [5.74, 6) is 0. The van der Waals surface area contributed by atoms with Gasteiger partial charge in [0.1, 0.15) is 0 Å². The van der Waals surface area contributed by atoms with Gasteiger partial charge in [-0.25, -0.2) is 0 Å². The average molecular weight is 189 g/mol. The second-order valence-electron chi connectivity index (χ2n) is 5.30. The highest BCUT2D eigenvalue weighted by molar-refractivity contribution is 5.45. The fourth-order valence-electron chi connectivity index (χ4n) is 2.60. The van der Waals surface area contributed by atoms with Gasteiger partial charge in [0, 0.05) is 5.54 Å². The molecule has 0 amide bonds. The van der Waals surface area contributed by atoms with Crippen LogP contribution in [0.4, 0.5) is 0 Å². The van der Waals surface area contributed by atoms with Gasteiger partial charge in [-0.2, -0.15) is 0 Å². The lowest BCUT2D eigenvalue weighted by molar-refractivity contribution is 0.506. The maximum atomic E-state index is 6.45. The summed E-state index contributed by atoms with van der Waals surface area (Å²) >= 11 is 0. The standard InChI is InChI=1S/C13H19N/c1-9-6-5-7-10(2)11(9)13(14)8-12(13,3)4/h5-7H,8,14H2,1-4H3. The van der Waals surface area contributed by atoms with Crippen molar-refractivity contribution < 1.29 is 0 Å². The summed E-state index contributed by atoms with van der Waals surface area (Å²) in [4.78, 5) is 0. The zero-order valence-electron chi connectivity index (χ0n) is 9.52. The van der Waals surface area contributed by atoms with Gasteiger partial charge in [-0.05, 0) is 42.4 Å². The van der Waals surface area contributed by atoms with E-state index in [1.165, 1.54) is 16.7 Å². The van der Waals surface area contributed by atoms with Crippen molar-refractivity contribution in [3.8, 4) is 0 Å². The summed E-state index contributed by atoms with van der Waals surface area (Å²) in [5, 5.41) is 0. The van der Waals surface area contributed by atoms with Crippen molar-refractivity contribution in [2.75, 3.05) is 0 Å². The minimum atomic E-state index is -0.0809. The van der Waals surface area contributed by atoms with Crippen molar-refractivity contribution in [2.24, 2.45) is 11.1 Å². The molecule has 0 aromatic heterocycles. The molecule has 1 aliphatic rings. The van der Waals surface area contributed by atoms with E-state index < -0.39 is 0 Å². The highest BCUT2D eigenvalue weighted by Gasteiger charge is 2.60. The fraction of sp³-hybridized carbons (Fsp3) is 0.538. The normalized spacial score (nSPS) is 28.9. The van der Waals surface area contributed by atoms with Crippen molar-refractivity contribution in [1.82, 2.24) is 0 Å². The zero-order chi connectivity index (χ0) is 10.6. The SMILES string of the molecule is Cc1cccc(C)c1C1(N)CC1(C)C. The Morgan fingerprint density at radius 2 is 1.57 bits per heavy atom. The molecule has 1 aromatic rings. The zero-order valence-corrected chi connectivity index (χ0v) is 9.52. The molecule has 0 spiro atoms. The summed E-state index contributed by atoms with van der Waals surface area (Å²) in [5.41, 5.74) is 10.7. The molecule has 0 heterocycles. The molecule has 14 heavy (non-hydrogen) atoms. The topological polar surface area (TPSA) is 26.0 Å². The fourth-order valence-corrected chi connectivity index (χ4v) is 2.60. The van der Waals surface area contributed by atoms with Crippen LogP contribution in [0.3, 0.4) is 0 Å². The Morgan fingerprint density at radius 3 is 1.93 bits per heavy atom. The van der Waals surface area contributed by atoms with E-state index in [2.05, 4.69) is 45.9 Å². The van der Waals surface area contributed by atoms with Gasteiger partial charge in [0.05, 0.1) is 0 Å². The van der Waals surface area contributed by atoms with E-state index in [1.807, 2.05) is 0 Å². The Kier molecular flexibility index (Phi) is 1.81. The van der Waals surface area contributed by atoms with Gasteiger partial charge in [0.2, 0.25) is 0 Å². The number of hydrogen-bond acceptors (Lipinski definition) is 1. The van der Waals surface area contributed by atoms with Crippen LogP contribution in [0.1, 0.15) is 37.0 Å². The largest absolute Gasteiger partial charge is 0.321 e. The van der Waals surface area contributed by atoms with Crippen LogP contribution in [0.5, 0.6) is 0 Å². The number of hydrogen-bond donors (Lipinski definition) is 1. The van der Waals surface area contributed by atoms with Crippen molar-refractivity contribution in [3.05, 3.63) is 34.9 Å². The summed E-state index contributed by atoms with van der Waals surface area (Å²) in [6, 6.07) is 6.42. The minimum absolute atomic E-state index is 0.0809. The molecule has 1 unspecified atom stereocenters. The van der Waals surface area contributed by atoms with Crippen molar-refractivity contribution >= 4 is 0 Å². The van der Waals surface area contributed by atoms with Crippen molar-refractivity contribution in [2.45, 2.75) is 39.7 Å². The maximum absolute atomic E-state index is 6.45. The summed E-state index contributed by atoms with van der Waals surface area (Å²) < 4.78 is 0. The molecule has 76 valence electrons. The lowest BCUT2D eigenvalue weighted by Gasteiger charge is -2.20. The molecular formula is C13H19N. The second-order valence-corrected chi connectivity index (χ2v) is 5.30. The molecule has 2 rings (SSSR count). The summed E-state index contributed by atoms with van der Waals surface area (Å²) in [6.07, 6.45) is 1.10. The molecule has 1 aliphatic carbocycles. The lowest BCUT2D eigenvalue weighted by Crippen LogP contribution is -2.27. The molecule has 1 nitrogen and oxygen atoms in total. The summed E-state index contributed by atoms with van der Waals surface area (Å²) in [6.45, 7) is 8.81. The first kappa shape index (κ1) is 9.72. The average Bonchev–Trinajstić information content (AvgIpc) is 2.50. The van der Waals surface area contributed by atoms with E-state index in [9.17, 15) is 0 Å². The third kappa shape index (κ3) is 1.12. The van der Waals surface area contributed by atoms with Gasteiger partial charge in [-0.1, -0.05) is 32.0 Å². The number of aryl methyl sites for hydroxylation is 2. The Bertz CT molecular complexity index is 359. The van der Waals surface area contributed by atoms with Gasteiger partial charge in [-0.3, -0.25) is 0 Å². The molecule has 1 fully saturated rings. The molecule has 1 saturated carbocycles. The maximum Gasteiger partial charge on any atom is 0.0473 e. The van der Waals surface area contributed by atoms with Crippen LogP contribution in [-0.2, 0) is 5.54 Å². The highest BCUT2D eigenvalue weighted by Crippen LogP contribution is 2.61. The predicted molar refractivity (Wildman–Crippen MR) is 60.2 cm³/mol. The van der Waals surface area contributed by atoms with Crippen LogP contribution in [0.15, 0.2) is 18.2 Å². The first-order valence-electron chi connectivity index (χ1n) is 5.24. The third-order valence-electron chi connectivity index (χ3n) is 3.73. The number of rotatable bonds is 1. The van der Waals surface area contributed by atoms with Gasteiger partial charge in [-0.15, -0.1) is 0 Å². The second kappa shape index (κ2) is 2.60. The molecule has 0 aliphatic heterocycles. The van der Waals surface area contributed by atoms with Crippen LogP contribution >= 0.6 is 0 Å². The monoisotopic (exact) mass is 189 g/mol. The molecule has 1 atom stereocenters. The summed E-state index contributed by atoms with van der Waals surface area (Å²) in [7, 11) is 0. The van der Waals surface area contributed by atoms with Crippen LogP contribution in [0, 0.1) is 19.3 Å². The molecule has 1 aromatic carbocycles. The number of benzene rings is 1. The van der Waals surface area contributed by atoms with E-state index in [1.54, 1.807) is 0 Å². The Balaban J connectivity index is 2.54. The van der Waals surface area contributed by atoms with Crippen molar-refractivity contribution in [1.29, 1.82) is 0 Å². The van der Waals surface area contributed by atoms with E-state index in [0.29, 0.717) is 0 Å². The Hall–Kier alpha value is -0.820. The van der Waals surface area contributed by atoms with Crippen LogP contribution in [0.25, 0.3) is 0 Å². The first-order valence-corrected chi connectivity index (χ1v) is 5.24. The first-order chi connectivity index (χ1) is 6.38. The van der Waals surface area contributed by atoms with Gasteiger partial charge in [0.15, 0.2) is 0 Å². The molecule has 0 bridgehead atoms. The third-order valence-corrected chi connectivity index (χ3v) is 3.73. The molecule has 0 radical (unpaired) electrons. The lowest BCUT2D eigenvalue weighted by atomic mass is 9.90. The molecule has 1 heteroatoms. The van der Waals surface area contributed by atoms with E-state index in [-0.39, 0.29) is 11.0 Å². The van der Waals surface area contributed by atoms with Crippen LogP contribution < -0.4 is 5.73 Å². The van der Waals surface area contributed by atoms with Crippen LogP contribution in [0.2, 0.25) is 0 Å².